The predicted octanol–water partition coefficient (Wildman–Crippen LogP) is 3.86. The summed E-state index contributed by atoms with van der Waals surface area (Å²) in [6, 6.07) is 7.41. The lowest BCUT2D eigenvalue weighted by Gasteiger charge is -2.20. The zero-order valence-corrected chi connectivity index (χ0v) is 19.9. The monoisotopic (exact) mass is 521 g/mol. The Bertz CT molecular complexity index is 1060. The molecule has 0 aliphatic carbocycles. The lowest BCUT2D eigenvalue weighted by molar-refractivity contribution is -0.275. The van der Waals surface area contributed by atoms with E-state index in [-0.39, 0.29) is 5.75 Å². The van der Waals surface area contributed by atoms with E-state index in [9.17, 15) is 9.46 Å². The van der Waals surface area contributed by atoms with Crippen molar-refractivity contribution in [2.24, 2.45) is 0 Å². The largest absolute Gasteiger partial charge is 0.753 e. The maximum Gasteiger partial charge on any atom is 0.327 e. The average Bonchev–Trinajstić information content (AvgIpc) is 2.77. The van der Waals surface area contributed by atoms with Gasteiger partial charge in [-0.05, 0) is 77.0 Å². The molecule has 3 heterocycles. The zero-order valence-electron chi connectivity index (χ0n) is 17.4. The number of halogens is 1. The molecule has 9 nitrogen and oxygen atoms in total. The van der Waals surface area contributed by atoms with Gasteiger partial charge in [0.25, 0.3) is 0 Å². The minimum Gasteiger partial charge on any atom is -0.753 e. The Morgan fingerprint density at radius 1 is 1.12 bits per heavy atom. The van der Waals surface area contributed by atoms with E-state index in [0.717, 1.165) is 39.7 Å². The molecule has 0 spiro atoms. The lowest BCUT2D eigenvalue weighted by atomic mass is 10.1. The van der Waals surface area contributed by atoms with E-state index in [1.165, 1.54) is 6.20 Å². The highest BCUT2D eigenvalue weighted by molar-refractivity contribution is 9.10. The van der Waals surface area contributed by atoms with Crippen LogP contribution in [0.1, 0.15) is 35.2 Å². The highest BCUT2D eigenvalue weighted by atomic mass is 79.9. The molecule has 1 unspecified atom stereocenters. The fourth-order valence-electron chi connectivity index (χ4n) is 2.89. The van der Waals surface area contributed by atoms with E-state index in [1.807, 2.05) is 25.1 Å². The summed E-state index contributed by atoms with van der Waals surface area (Å²) in [6.45, 7) is 2.33. The normalized spacial score (nSPS) is 13.0. The molecule has 3 rings (SSSR count). The number of phosphoric acid groups is 1. The van der Waals surface area contributed by atoms with E-state index in [1.54, 1.807) is 30.9 Å². The molecule has 0 aromatic carbocycles. The van der Waals surface area contributed by atoms with Gasteiger partial charge in [0.05, 0.1) is 6.20 Å². The van der Waals surface area contributed by atoms with Gasteiger partial charge in [-0.15, -0.1) is 4.67 Å². The molecule has 32 heavy (non-hydrogen) atoms. The Balaban J connectivity index is 1.36. The summed E-state index contributed by atoms with van der Waals surface area (Å²) in [5.41, 5.74) is 6.31. The van der Waals surface area contributed by atoms with Crippen LogP contribution in [0.3, 0.4) is 0 Å². The summed E-state index contributed by atoms with van der Waals surface area (Å²) in [6.07, 6.45) is 11.1. The number of aromatic nitrogens is 3. The Morgan fingerprint density at radius 3 is 2.75 bits per heavy atom. The third-order valence-corrected chi connectivity index (χ3v) is 5.44. The van der Waals surface area contributed by atoms with Crippen molar-refractivity contribution in [2.75, 3.05) is 6.54 Å². The fourth-order valence-corrected chi connectivity index (χ4v) is 3.80. The molecule has 0 radical (unpaired) electrons. The summed E-state index contributed by atoms with van der Waals surface area (Å²) >= 11 is 3.39. The Labute approximate surface area is 194 Å². The van der Waals surface area contributed by atoms with Gasteiger partial charge >= 0.3 is 7.82 Å². The molecule has 0 bridgehead atoms. The highest BCUT2D eigenvalue weighted by Crippen LogP contribution is 2.37. The van der Waals surface area contributed by atoms with Crippen LogP contribution < -0.4 is 15.3 Å². The first-order valence-corrected chi connectivity index (χ1v) is 12.2. The molecule has 1 atom stereocenters. The van der Waals surface area contributed by atoms with Crippen LogP contribution in [-0.4, -0.2) is 21.5 Å². The maximum absolute atomic E-state index is 11.9. The third kappa shape index (κ3) is 8.38. The second-order valence-corrected chi connectivity index (χ2v) is 9.17. The standard InChI is InChI=1S/C21H24BrN4O5P/c1-16-9-19(22)14-25-21(16)6-2-3-8-26-30-32(27,28)31-29-20-11-18(13-24-15-20)10-17-5-4-7-23-12-17/h4-5,7,9,11-15,26H,2-3,6,8,10H2,1H3,(H,27,28)/p-1. The van der Waals surface area contributed by atoms with Crippen molar-refractivity contribution in [1.29, 1.82) is 0 Å². The molecule has 0 aliphatic rings. The Kier molecular flexibility index (Phi) is 9.28. The maximum atomic E-state index is 11.9. The number of pyridine rings is 3. The van der Waals surface area contributed by atoms with E-state index >= 15 is 0 Å². The molecule has 0 fully saturated rings. The second kappa shape index (κ2) is 12.2. The number of nitrogens with zero attached hydrogens (tertiary/aromatic N) is 3. The first-order chi connectivity index (χ1) is 15.4. The van der Waals surface area contributed by atoms with Gasteiger partial charge in [-0.2, -0.15) is 5.48 Å². The van der Waals surface area contributed by atoms with Crippen molar-refractivity contribution in [3.05, 3.63) is 82.1 Å². The molecule has 170 valence electrons. The molecular formula is C21H23BrN4O5P-. The molecule has 11 heteroatoms. The smallest absolute Gasteiger partial charge is 0.327 e. The van der Waals surface area contributed by atoms with Gasteiger partial charge in [-0.25, -0.2) is 4.62 Å². The van der Waals surface area contributed by atoms with E-state index < -0.39 is 7.82 Å². The van der Waals surface area contributed by atoms with Crippen molar-refractivity contribution in [3.8, 4) is 5.75 Å². The summed E-state index contributed by atoms with van der Waals surface area (Å²) in [5, 5.41) is 0. The molecule has 0 saturated heterocycles. The predicted molar refractivity (Wildman–Crippen MR) is 119 cm³/mol. The van der Waals surface area contributed by atoms with Crippen LogP contribution in [0.25, 0.3) is 0 Å². The van der Waals surface area contributed by atoms with Crippen LogP contribution in [0.15, 0.2) is 59.7 Å². The molecule has 3 aromatic heterocycles. The number of hydrogen-bond acceptors (Lipinski definition) is 9. The summed E-state index contributed by atoms with van der Waals surface area (Å²) in [5.74, 6) is 0.142. The van der Waals surface area contributed by atoms with Crippen LogP contribution in [0, 0.1) is 6.92 Å². The minimum absolute atomic E-state index is 0.142. The van der Waals surface area contributed by atoms with Gasteiger partial charge < -0.3 is 9.78 Å². The number of aryl methyl sites for hydroxylation is 2. The van der Waals surface area contributed by atoms with Crippen molar-refractivity contribution in [3.63, 3.8) is 0 Å². The topological polar surface area (TPSA) is 119 Å². The first kappa shape index (κ1) is 24.4. The van der Waals surface area contributed by atoms with Gasteiger partial charge in [-0.1, -0.05) is 6.07 Å². The number of hydrogen-bond donors (Lipinski definition) is 1. The number of unbranched alkanes of at least 4 members (excludes halogenated alkanes) is 1. The van der Waals surface area contributed by atoms with Gasteiger partial charge in [0.2, 0.25) is 0 Å². The van der Waals surface area contributed by atoms with E-state index in [0.29, 0.717) is 19.4 Å². The first-order valence-electron chi connectivity index (χ1n) is 9.94. The molecular weight excluding hydrogens is 499 g/mol. The zero-order chi connectivity index (χ0) is 22.8. The Hall–Kier alpha value is -2.20. The summed E-state index contributed by atoms with van der Waals surface area (Å²) in [4.78, 5) is 29.2. The summed E-state index contributed by atoms with van der Waals surface area (Å²) < 4.78 is 21.9. The highest BCUT2D eigenvalue weighted by Gasteiger charge is 2.13. The minimum atomic E-state index is -4.70. The lowest BCUT2D eigenvalue weighted by Crippen LogP contribution is -2.21. The quantitative estimate of drug-likeness (QED) is 0.164. The number of hydroxylamine groups is 1. The SMILES string of the molecule is Cc1cc(Br)cnc1CCCCNOP(=O)([O-])OOc1cncc(Cc2cccnc2)c1. The van der Waals surface area contributed by atoms with Crippen LogP contribution >= 0.6 is 23.8 Å². The fraction of sp³-hybridized carbons (Fsp3) is 0.286. The van der Waals surface area contributed by atoms with Crippen LogP contribution in [0.4, 0.5) is 0 Å². The molecule has 1 N–H and O–H groups in total. The van der Waals surface area contributed by atoms with Crippen molar-refractivity contribution in [2.45, 2.75) is 32.6 Å². The molecule has 0 amide bonds. The number of rotatable bonds is 12. The van der Waals surface area contributed by atoms with Crippen molar-refractivity contribution < 1.29 is 23.6 Å². The van der Waals surface area contributed by atoms with Crippen LogP contribution in [0.2, 0.25) is 0 Å². The van der Waals surface area contributed by atoms with Gasteiger partial charge in [0, 0.05) is 47.9 Å². The third-order valence-electron chi connectivity index (χ3n) is 4.40. The summed E-state index contributed by atoms with van der Waals surface area (Å²) in [7, 11) is -4.70. The van der Waals surface area contributed by atoms with Crippen molar-refractivity contribution >= 4 is 23.8 Å². The van der Waals surface area contributed by atoms with E-state index in [2.05, 4.69) is 45.7 Å². The van der Waals surface area contributed by atoms with Gasteiger partial charge in [0.1, 0.15) is 0 Å². The van der Waals surface area contributed by atoms with Gasteiger partial charge in [0.15, 0.2) is 5.75 Å². The average molecular weight is 522 g/mol. The molecule has 3 aromatic rings. The van der Waals surface area contributed by atoms with Crippen LogP contribution in [0.5, 0.6) is 5.75 Å². The molecule has 0 aliphatic heterocycles. The van der Waals surface area contributed by atoms with E-state index in [4.69, 9.17) is 4.89 Å². The van der Waals surface area contributed by atoms with Gasteiger partial charge in [-0.3, -0.25) is 19.5 Å². The Morgan fingerprint density at radius 2 is 1.97 bits per heavy atom. The second-order valence-electron chi connectivity index (χ2n) is 7.03. The van der Waals surface area contributed by atoms with Crippen LogP contribution in [-0.2, 0) is 26.7 Å². The number of nitrogens with one attached hydrogen (secondary N) is 1. The molecule has 0 saturated carbocycles. The van der Waals surface area contributed by atoms with Crippen molar-refractivity contribution in [1.82, 2.24) is 20.4 Å².